The van der Waals surface area contributed by atoms with Gasteiger partial charge in [0.1, 0.15) is 12.4 Å². The van der Waals surface area contributed by atoms with Gasteiger partial charge in [-0.3, -0.25) is 4.68 Å². The van der Waals surface area contributed by atoms with Gasteiger partial charge in [-0.25, -0.2) is 9.97 Å². The van der Waals surface area contributed by atoms with E-state index in [0.717, 1.165) is 59.5 Å². The van der Waals surface area contributed by atoms with Crippen LogP contribution in [-0.2, 0) is 6.54 Å². The van der Waals surface area contributed by atoms with Gasteiger partial charge in [0.15, 0.2) is 11.5 Å². The Hall–Kier alpha value is -3.75. The van der Waals surface area contributed by atoms with E-state index in [1.54, 1.807) is 6.33 Å². The number of halogens is 1. The van der Waals surface area contributed by atoms with Gasteiger partial charge >= 0.3 is 0 Å². The highest BCUT2D eigenvalue weighted by Gasteiger charge is 2.18. The molecule has 3 heterocycles. The van der Waals surface area contributed by atoms with Crippen molar-refractivity contribution >= 4 is 22.8 Å². The number of hydrogen-bond acceptors (Lipinski definition) is 6. The van der Waals surface area contributed by atoms with Gasteiger partial charge in [-0.05, 0) is 57.0 Å². The van der Waals surface area contributed by atoms with Crippen LogP contribution in [0.3, 0.4) is 0 Å². The second-order valence-corrected chi connectivity index (χ2v) is 10.8. The standard InChI is InChI=1S/C30H32ClN7O/c1-37(2)16-17-38-19-32-28(36-38)23-14-10-21(11-15-23)20-8-12-22(13-9-20)27-25(31)18-26-29(34-27)35-30(33-26)39-24-6-4-3-5-7-24/h8-15,18-19,24H,3-7,16-17H2,1-2H3,(H,33,34,35). The molecule has 39 heavy (non-hydrogen) atoms. The van der Waals surface area contributed by atoms with E-state index in [9.17, 15) is 0 Å². The van der Waals surface area contributed by atoms with Crippen molar-refractivity contribution in [3.05, 3.63) is 65.9 Å². The van der Waals surface area contributed by atoms with Crippen molar-refractivity contribution in [2.75, 3.05) is 20.6 Å². The van der Waals surface area contributed by atoms with Crippen molar-refractivity contribution < 1.29 is 4.74 Å². The third-order valence-corrected chi connectivity index (χ3v) is 7.47. The normalized spacial score (nSPS) is 14.4. The Bertz CT molecular complexity index is 1550. The van der Waals surface area contributed by atoms with Crippen molar-refractivity contribution in [2.24, 2.45) is 0 Å². The molecule has 1 aliphatic rings. The highest BCUT2D eigenvalue weighted by atomic mass is 35.5. The molecule has 6 rings (SSSR count). The molecule has 0 saturated heterocycles. The molecule has 1 saturated carbocycles. The zero-order valence-electron chi connectivity index (χ0n) is 22.3. The average Bonchev–Trinajstić information content (AvgIpc) is 3.59. The number of hydrogen-bond donors (Lipinski definition) is 1. The number of nitrogens with zero attached hydrogens (tertiary/aromatic N) is 6. The van der Waals surface area contributed by atoms with Crippen LogP contribution >= 0.6 is 11.6 Å². The predicted octanol–water partition coefficient (Wildman–Crippen LogP) is 6.48. The molecule has 0 atom stereocenters. The number of fused-ring (bicyclic) bond motifs is 1. The van der Waals surface area contributed by atoms with Crippen molar-refractivity contribution in [3.63, 3.8) is 0 Å². The number of aromatic nitrogens is 6. The van der Waals surface area contributed by atoms with Crippen LogP contribution in [0.15, 0.2) is 60.9 Å². The van der Waals surface area contributed by atoms with Crippen molar-refractivity contribution in [1.82, 2.24) is 34.6 Å². The van der Waals surface area contributed by atoms with Gasteiger partial charge in [0.25, 0.3) is 6.01 Å². The molecular formula is C30H32ClN7O. The molecule has 8 nitrogen and oxygen atoms in total. The Kier molecular flexibility index (Phi) is 7.30. The average molecular weight is 542 g/mol. The first kappa shape index (κ1) is 25.5. The summed E-state index contributed by atoms with van der Waals surface area (Å²) >= 11 is 6.64. The monoisotopic (exact) mass is 541 g/mol. The molecule has 9 heteroatoms. The predicted molar refractivity (Wildman–Crippen MR) is 155 cm³/mol. The number of nitrogens with one attached hydrogen (secondary N) is 1. The number of pyridine rings is 1. The Labute approximate surface area is 233 Å². The number of ether oxygens (including phenoxy) is 1. The lowest BCUT2D eigenvalue weighted by Gasteiger charge is -2.21. The molecule has 1 fully saturated rings. The van der Waals surface area contributed by atoms with Crippen molar-refractivity contribution in [3.8, 4) is 39.8 Å². The van der Waals surface area contributed by atoms with Crippen LogP contribution in [0.1, 0.15) is 32.1 Å². The lowest BCUT2D eigenvalue weighted by atomic mass is 9.98. The number of rotatable bonds is 8. The molecule has 1 aliphatic carbocycles. The molecule has 5 aromatic rings. The minimum atomic E-state index is 0.220. The Morgan fingerprint density at radius 2 is 1.59 bits per heavy atom. The van der Waals surface area contributed by atoms with Crippen LogP contribution in [-0.4, -0.2) is 61.4 Å². The van der Waals surface area contributed by atoms with Gasteiger partial charge in [-0.1, -0.05) is 66.6 Å². The summed E-state index contributed by atoms with van der Waals surface area (Å²) in [6, 6.07) is 19.0. The Balaban J connectivity index is 1.17. The fourth-order valence-corrected chi connectivity index (χ4v) is 5.22. The van der Waals surface area contributed by atoms with E-state index in [-0.39, 0.29) is 6.10 Å². The first-order valence-corrected chi connectivity index (χ1v) is 13.9. The number of likely N-dealkylation sites (N-methyl/N-ethyl adjacent to an activating group) is 1. The van der Waals surface area contributed by atoms with E-state index >= 15 is 0 Å². The highest BCUT2D eigenvalue weighted by Crippen LogP contribution is 2.32. The van der Waals surface area contributed by atoms with Gasteiger partial charge in [-0.2, -0.15) is 10.1 Å². The fraction of sp³-hybridized carbons (Fsp3) is 0.333. The maximum atomic E-state index is 6.64. The molecule has 1 N–H and O–H groups in total. The lowest BCUT2D eigenvalue weighted by molar-refractivity contribution is 0.143. The minimum absolute atomic E-state index is 0.220. The zero-order valence-corrected chi connectivity index (χ0v) is 23.0. The number of benzene rings is 2. The summed E-state index contributed by atoms with van der Waals surface area (Å²) in [7, 11) is 4.10. The second-order valence-electron chi connectivity index (χ2n) is 10.4. The maximum Gasteiger partial charge on any atom is 0.296 e. The lowest BCUT2D eigenvalue weighted by Crippen LogP contribution is -2.20. The van der Waals surface area contributed by atoms with Gasteiger partial charge in [-0.15, -0.1) is 0 Å². The van der Waals surface area contributed by atoms with Crippen LogP contribution < -0.4 is 4.74 Å². The molecule has 0 unspecified atom stereocenters. The van der Waals surface area contributed by atoms with Gasteiger partial charge in [0.2, 0.25) is 0 Å². The first-order chi connectivity index (χ1) is 19.0. The van der Waals surface area contributed by atoms with E-state index in [4.69, 9.17) is 21.3 Å². The van der Waals surface area contributed by atoms with E-state index in [2.05, 4.69) is 75.4 Å². The molecule has 0 radical (unpaired) electrons. The van der Waals surface area contributed by atoms with Crippen LogP contribution in [0, 0.1) is 0 Å². The molecule has 3 aromatic heterocycles. The van der Waals surface area contributed by atoms with Gasteiger partial charge in [0.05, 0.1) is 22.8 Å². The second kappa shape index (κ2) is 11.2. The summed E-state index contributed by atoms with van der Waals surface area (Å²) < 4.78 is 7.97. The SMILES string of the molecule is CN(C)CCn1cnc(-c2ccc(-c3ccc(-c4nc5nc(OC6CCCCC6)[nH]c5cc4Cl)cc3)cc2)n1. The van der Waals surface area contributed by atoms with E-state index in [1.165, 1.54) is 19.3 Å². The van der Waals surface area contributed by atoms with E-state index < -0.39 is 0 Å². The van der Waals surface area contributed by atoms with E-state index in [0.29, 0.717) is 22.4 Å². The molecule has 0 spiro atoms. The van der Waals surface area contributed by atoms with Crippen molar-refractivity contribution in [1.29, 1.82) is 0 Å². The summed E-state index contributed by atoms with van der Waals surface area (Å²) in [4.78, 5) is 19.2. The summed E-state index contributed by atoms with van der Waals surface area (Å²) in [5, 5.41) is 5.18. The maximum absolute atomic E-state index is 6.64. The first-order valence-electron chi connectivity index (χ1n) is 13.5. The zero-order chi connectivity index (χ0) is 26.8. The third-order valence-electron chi connectivity index (χ3n) is 7.18. The quantitative estimate of drug-likeness (QED) is 0.242. The highest BCUT2D eigenvalue weighted by molar-refractivity contribution is 6.33. The summed E-state index contributed by atoms with van der Waals surface area (Å²) in [6.45, 7) is 1.73. The molecule has 0 bridgehead atoms. The summed E-state index contributed by atoms with van der Waals surface area (Å²) in [6.07, 6.45) is 7.85. The third kappa shape index (κ3) is 5.82. The Morgan fingerprint density at radius 3 is 2.28 bits per heavy atom. The van der Waals surface area contributed by atoms with Crippen LogP contribution in [0.25, 0.3) is 44.9 Å². The molecule has 0 aliphatic heterocycles. The number of H-pyrrole nitrogens is 1. The molecular weight excluding hydrogens is 510 g/mol. The number of imidazole rings is 1. The van der Waals surface area contributed by atoms with Gasteiger partial charge in [0, 0.05) is 17.7 Å². The van der Waals surface area contributed by atoms with Crippen molar-refractivity contribution in [2.45, 2.75) is 44.8 Å². The Morgan fingerprint density at radius 1 is 0.923 bits per heavy atom. The molecule has 0 amide bonds. The fourth-order valence-electron chi connectivity index (χ4n) is 4.96. The van der Waals surface area contributed by atoms with Crippen LogP contribution in [0.2, 0.25) is 5.02 Å². The molecule has 2 aromatic carbocycles. The van der Waals surface area contributed by atoms with Gasteiger partial charge < -0.3 is 14.6 Å². The number of aromatic amines is 1. The van der Waals surface area contributed by atoms with Crippen LogP contribution in [0.5, 0.6) is 6.01 Å². The van der Waals surface area contributed by atoms with Crippen LogP contribution in [0.4, 0.5) is 0 Å². The minimum Gasteiger partial charge on any atom is -0.461 e. The molecule has 200 valence electrons. The topological polar surface area (TPSA) is 84.8 Å². The summed E-state index contributed by atoms with van der Waals surface area (Å²) in [5.41, 5.74) is 6.25. The van der Waals surface area contributed by atoms with E-state index in [1.807, 2.05) is 22.9 Å². The largest absolute Gasteiger partial charge is 0.461 e. The summed E-state index contributed by atoms with van der Waals surface area (Å²) in [5.74, 6) is 0.734. The smallest absolute Gasteiger partial charge is 0.296 e.